The Morgan fingerprint density at radius 1 is 1.03 bits per heavy atom. The second-order valence-corrected chi connectivity index (χ2v) is 7.97. The maximum atomic E-state index is 13.4. The summed E-state index contributed by atoms with van der Waals surface area (Å²) in [6.07, 6.45) is 3.12. The molecule has 1 fully saturated rings. The zero-order valence-corrected chi connectivity index (χ0v) is 17.8. The van der Waals surface area contributed by atoms with Crippen LogP contribution in [0.15, 0.2) is 67.4 Å². The van der Waals surface area contributed by atoms with Gasteiger partial charge < -0.3 is 4.90 Å². The van der Waals surface area contributed by atoms with E-state index in [1.54, 1.807) is 41.6 Å². The third-order valence-electron chi connectivity index (χ3n) is 5.84. The summed E-state index contributed by atoms with van der Waals surface area (Å²) < 4.78 is 39.7. The number of nitrogens with zero attached hydrogens (tertiary/aromatic N) is 5. The Morgan fingerprint density at radius 3 is 2.62 bits per heavy atom. The van der Waals surface area contributed by atoms with Gasteiger partial charge in [-0.15, -0.1) is 0 Å². The highest BCUT2D eigenvalue weighted by molar-refractivity contribution is 5.93. The molecule has 0 spiro atoms. The molecule has 3 aromatic heterocycles. The van der Waals surface area contributed by atoms with Gasteiger partial charge in [-0.1, -0.05) is 18.2 Å². The lowest BCUT2D eigenvalue weighted by molar-refractivity contribution is -0.137. The molecule has 1 aliphatic heterocycles. The van der Waals surface area contributed by atoms with Crippen molar-refractivity contribution in [1.82, 2.24) is 30.0 Å². The van der Waals surface area contributed by atoms with E-state index in [0.717, 1.165) is 18.6 Å². The van der Waals surface area contributed by atoms with E-state index in [2.05, 4.69) is 25.1 Å². The minimum Gasteiger partial charge on any atom is -0.329 e. The van der Waals surface area contributed by atoms with Crippen molar-refractivity contribution >= 4 is 5.91 Å². The van der Waals surface area contributed by atoms with E-state index in [1.807, 2.05) is 0 Å². The number of rotatable bonds is 4. The predicted molar refractivity (Wildman–Crippen MR) is 117 cm³/mol. The first-order valence-corrected chi connectivity index (χ1v) is 10.7. The lowest BCUT2D eigenvalue weighted by Crippen LogP contribution is -2.31. The number of carbonyl (C=O) groups excluding carboxylic acids is 1. The first-order valence-electron chi connectivity index (χ1n) is 10.7. The molecule has 1 aromatic carbocycles. The van der Waals surface area contributed by atoms with E-state index in [4.69, 9.17) is 0 Å². The Hall–Kier alpha value is -4.08. The van der Waals surface area contributed by atoms with Crippen molar-refractivity contribution in [1.29, 1.82) is 0 Å². The average Bonchev–Trinajstić information content (AvgIpc) is 3.53. The Labute approximate surface area is 192 Å². The van der Waals surface area contributed by atoms with Crippen LogP contribution < -0.4 is 0 Å². The van der Waals surface area contributed by atoms with E-state index in [1.165, 1.54) is 18.6 Å². The monoisotopic (exact) mass is 464 g/mol. The van der Waals surface area contributed by atoms with Gasteiger partial charge in [-0.2, -0.15) is 18.3 Å². The zero-order chi connectivity index (χ0) is 23.7. The number of hydrogen-bond acceptors (Lipinski definition) is 5. The van der Waals surface area contributed by atoms with Crippen molar-refractivity contribution in [3.05, 3.63) is 84.3 Å². The number of pyridine rings is 1. The molecule has 10 heteroatoms. The number of amides is 1. The topological polar surface area (TPSA) is 87.7 Å². The predicted octanol–water partition coefficient (Wildman–Crippen LogP) is 4.92. The van der Waals surface area contributed by atoms with E-state index in [-0.39, 0.29) is 17.6 Å². The van der Waals surface area contributed by atoms with Crippen LogP contribution in [-0.2, 0) is 6.18 Å². The van der Waals surface area contributed by atoms with E-state index in [0.29, 0.717) is 41.0 Å². The quantitative estimate of drug-likeness (QED) is 0.463. The molecule has 1 aliphatic rings. The molecule has 7 nitrogen and oxygen atoms in total. The molecular formula is C24H19F3N6O. The maximum absolute atomic E-state index is 13.4. The van der Waals surface area contributed by atoms with Crippen molar-refractivity contribution in [2.24, 2.45) is 0 Å². The molecular weight excluding hydrogens is 445 g/mol. The Bertz CT molecular complexity index is 1320. The molecule has 5 rings (SSSR count). The Kier molecular flexibility index (Phi) is 5.56. The number of hydrogen-bond donors (Lipinski definition) is 1. The third kappa shape index (κ3) is 4.14. The van der Waals surface area contributed by atoms with Gasteiger partial charge in [0.2, 0.25) is 0 Å². The van der Waals surface area contributed by atoms with Gasteiger partial charge in [0.25, 0.3) is 5.91 Å². The number of aromatic nitrogens is 5. The van der Waals surface area contributed by atoms with Crippen LogP contribution in [0.1, 0.15) is 40.6 Å². The number of alkyl halides is 3. The zero-order valence-electron chi connectivity index (χ0n) is 17.8. The summed E-state index contributed by atoms with van der Waals surface area (Å²) in [5, 5.41) is 7.00. The van der Waals surface area contributed by atoms with Crippen LogP contribution in [0.4, 0.5) is 13.2 Å². The van der Waals surface area contributed by atoms with Gasteiger partial charge in [0, 0.05) is 30.1 Å². The minimum absolute atomic E-state index is 0.259. The highest BCUT2D eigenvalue weighted by Gasteiger charge is 2.35. The standard InChI is InChI=1S/C24H19F3N6O/c25-24(26,27)17-5-1-4-15(10-17)18-13-30-32-22(18)21-8-3-9-33(21)23(34)20-7-2-6-19(31-20)16-11-28-14-29-12-16/h1-2,4-7,10-14,21H,3,8-9H2,(H,30,32)/t21-/m0/s1. The van der Waals surface area contributed by atoms with Crippen LogP contribution in [0.3, 0.4) is 0 Å². The summed E-state index contributed by atoms with van der Waals surface area (Å²) >= 11 is 0. The molecule has 0 aliphatic carbocycles. The number of nitrogens with one attached hydrogen (secondary N) is 1. The highest BCUT2D eigenvalue weighted by atomic mass is 19.4. The fourth-order valence-electron chi connectivity index (χ4n) is 4.25. The Balaban J connectivity index is 1.46. The number of benzene rings is 1. The largest absolute Gasteiger partial charge is 0.416 e. The van der Waals surface area contributed by atoms with Crippen molar-refractivity contribution in [3.63, 3.8) is 0 Å². The molecule has 1 amide bonds. The van der Waals surface area contributed by atoms with Crippen LogP contribution in [0.25, 0.3) is 22.4 Å². The molecule has 4 heterocycles. The minimum atomic E-state index is -4.45. The maximum Gasteiger partial charge on any atom is 0.416 e. The fourth-order valence-corrected chi connectivity index (χ4v) is 4.25. The summed E-state index contributed by atoms with van der Waals surface area (Å²) in [7, 11) is 0. The first-order chi connectivity index (χ1) is 16.4. The van der Waals surface area contributed by atoms with Gasteiger partial charge in [0.05, 0.1) is 29.2 Å². The molecule has 0 radical (unpaired) electrons. The molecule has 1 N–H and O–H groups in total. The van der Waals surface area contributed by atoms with E-state index >= 15 is 0 Å². The second-order valence-electron chi connectivity index (χ2n) is 7.97. The molecule has 4 aromatic rings. The van der Waals surface area contributed by atoms with Gasteiger partial charge in [-0.05, 0) is 42.7 Å². The van der Waals surface area contributed by atoms with E-state index in [9.17, 15) is 18.0 Å². The van der Waals surface area contributed by atoms with Crippen LogP contribution in [-0.4, -0.2) is 42.5 Å². The van der Waals surface area contributed by atoms with Crippen molar-refractivity contribution in [2.45, 2.75) is 25.1 Å². The van der Waals surface area contributed by atoms with E-state index < -0.39 is 11.7 Å². The Morgan fingerprint density at radius 2 is 1.82 bits per heavy atom. The number of aromatic amines is 1. The lowest BCUT2D eigenvalue weighted by Gasteiger charge is -2.24. The third-order valence-corrected chi connectivity index (χ3v) is 5.84. The SMILES string of the molecule is O=C(c1cccc(-c2cncnc2)n1)N1CCC[C@H]1c1[nH]ncc1-c1cccc(C(F)(F)F)c1. The second kappa shape index (κ2) is 8.69. The summed E-state index contributed by atoms with van der Waals surface area (Å²) in [5.41, 5.74) is 2.35. The van der Waals surface area contributed by atoms with Crippen LogP contribution in [0, 0.1) is 0 Å². The van der Waals surface area contributed by atoms with Gasteiger partial charge >= 0.3 is 6.18 Å². The first kappa shape index (κ1) is 21.7. The summed E-state index contributed by atoms with van der Waals surface area (Å²) in [5.74, 6) is -0.259. The van der Waals surface area contributed by atoms with Gasteiger partial charge in [-0.25, -0.2) is 15.0 Å². The normalized spacial score (nSPS) is 16.1. The number of likely N-dealkylation sites (tertiary alicyclic amines) is 1. The molecule has 1 saturated heterocycles. The van der Waals surface area contributed by atoms with Crippen molar-refractivity contribution in [2.75, 3.05) is 6.54 Å². The van der Waals surface area contributed by atoms with Crippen LogP contribution >= 0.6 is 0 Å². The molecule has 172 valence electrons. The number of halogens is 3. The van der Waals surface area contributed by atoms with Gasteiger partial charge in [0.1, 0.15) is 12.0 Å². The van der Waals surface area contributed by atoms with Crippen LogP contribution in [0.5, 0.6) is 0 Å². The smallest absolute Gasteiger partial charge is 0.329 e. The van der Waals surface area contributed by atoms with Gasteiger partial charge in [0.15, 0.2) is 0 Å². The molecule has 0 unspecified atom stereocenters. The molecule has 0 bridgehead atoms. The van der Waals surface area contributed by atoms with Crippen molar-refractivity contribution < 1.29 is 18.0 Å². The summed E-state index contributed by atoms with van der Waals surface area (Å²) in [6.45, 7) is 0.505. The van der Waals surface area contributed by atoms with Crippen molar-refractivity contribution in [3.8, 4) is 22.4 Å². The number of H-pyrrole nitrogens is 1. The van der Waals surface area contributed by atoms with Gasteiger partial charge in [-0.3, -0.25) is 9.89 Å². The summed E-state index contributed by atoms with van der Waals surface area (Å²) in [6, 6.07) is 9.92. The average molecular weight is 464 g/mol. The van der Waals surface area contributed by atoms with Crippen LogP contribution in [0.2, 0.25) is 0 Å². The lowest BCUT2D eigenvalue weighted by atomic mass is 9.99. The molecule has 0 saturated carbocycles. The molecule has 34 heavy (non-hydrogen) atoms. The fraction of sp³-hybridized carbons (Fsp3) is 0.208. The molecule has 1 atom stereocenters. The highest BCUT2D eigenvalue weighted by Crippen LogP contribution is 2.39. The summed E-state index contributed by atoms with van der Waals surface area (Å²) in [4.78, 5) is 27.6. The number of carbonyl (C=O) groups is 1.